The summed E-state index contributed by atoms with van der Waals surface area (Å²) >= 11 is 0. The fourth-order valence-electron chi connectivity index (χ4n) is 2.26. The van der Waals surface area contributed by atoms with Gasteiger partial charge in [-0.15, -0.1) is 0 Å². The van der Waals surface area contributed by atoms with E-state index in [1.54, 1.807) is 32.4 Å². The van der Waals surface area contributed by atoms with Crippen LogP contribution in [0.15, 0.2) is 18.2 Å². The van der Waals surface area contributed by atoms with Gasteiger partial charge in [0, 0.05) is 25.8 Å². The van der Waals surface area contributed by atoms with Crippen molar-refractivity contribution in [2.45, 2.75) is 19.3 Å². The van der Waals surface area contributed by atoms with Gasteiger partial charge in [0.2, 0.25) is 0 Å². The Morgan fingerprint density at radius 2 is 2.15 bits per heavy atom. The van der Waals surface area contributed by atoms with Gasteiger partial charge in [0.25, 0.3) is 5.91 Å². The smallest absolute Gasteiger partial charge is 0.251 e. The van der Waals surface area contributed by atoms with Crippen molar-refractivity contribution in [3.63, 3.8) is 0 Å². The zero-order valence-electron chi connectivity index (χ0n) is 12.1. The van der Waals surface area contributed by atoms with Crippen LogP contribution in [0.4, 0.5) is 5.69 Å². The number of anilines is 1. The van der Waals surface area contributed by atoms with Gasteiger partial charge < -0.3 is 20.5 Å². The molecule has 3 N–H and O–H groups in total. The van der Waals surface area contributed by atoms with Crippen LogP contribution >= 0.6 is 0 Å². The van der Waals surface area contributed by atoms with Gasteiger partial charge in [-0.2, -0.15) is 0 Å². The molecular weight excluding hydrogens is 256 g/mol. The second kappa shape index (κ2) is 6.13. The molecule has 1 aromatic carbocycles. The second-order valence-electron chi connectivity index (χ2n) is 5.38. The zero-order valence-corrected chi connectivity index (χ0v) is 12.1. The average molecular weight is 278 g/mol. The summed E-state index contributed by atoms with van der Waals surface area (Å²) in [7, 11) is 3.26. The SMILES string of the molecule is COCCC1(CNC(=O)c2ccc(OC)c(N)c2)CC1. The third kappa shape index (κ3) is 3.42. The standard InChI is InChI=1S/C15H22N2O3/c1-19-8-7-15(5-6-15)10-17-14(18)11-3-4-13(20-2)12(16)9-11/h3-4,9H,5-8,10,16H2,1-2H3,(H,17,18). The van der Waals surface area contributed by atoms with Gasteiger partial charge in [-0.1, -0.05) is 0 Å². The van der Waals surface area contributed by atoms with E-state index in [2.05, 4.69) is 5.32 Å². The maximum absolute atomic E-state index is 12.1. The highest BCUT2D eigenvalue weighted by molar-refractivity contribution is 5.95. The molecule has 5 heteroatoms. The Morgan fingerprint density at radius 1 is 1.40 bits per heavy atom. The summed E-state index contributed by atoms with van der Waals surface area (Å²) in [6, 6.07) is 5.07. The van der Waals surface area contributed by atoms with Crippen molar-refractivity contribution < 1.29 is 14.3 Å². The summed E-state index contributed by atoms with van der Waals surface area (Å²) in [4.78, 5) is 12.1. The molecule has 1 amide bonds. The van der Waals surface area contributed by atoms with E-state index in [4.69, 9.17) is 15.2 Å². The second-order valence-corrected chi connectivity index (χ2v) is 5.38. The summed E-state index contributed by atoms with van der Waals surface area (Å²) in [6.07, 6.45) is 3.30. The third-order valence-corrected chi connectivity index (χ3v) is 3.91. The van der Waals surface area contributed by atoms with Gasteiger partial charge in [0.15, 0.2) is 0 Å². The first-order valence-electron chi connectivity index (χ1n) is 6.81. The Morgan fingerprint density at radius 3 is 2.70 bits per heavy atom. The highest BCUT2D eigenvalue weighted by atomic mass is 16.5. The van der Waals surface area contributed by atoms with E-state index in [-0.39, 0.29) is 11.3 Å². The lowest BCUT2D eigenvalue weighted by Crippen LogP contribution is -2.30. The Kier molecular flexibility index (Phi) is 4.49. The van der Waals surface area contributed by atoms with E-state index in [0.29, 0.717) is 23.5 Å². The Balaban J connectivity index is 1.90. The van der Waals surface area contributed by atoms with E-state index < -0.39 is 0 Å². The van der Waals surface area contributed by atoms with Crippen LogP contribution in [0.25, 0.3) is 0 Å². The van der Waals surface area contributed by atoms with Crippen molar-refractivity contribution in [2.24, 2.45) is 5.41 Å². The average Bonchev–Trinajstić information content (AvgIpc) is 3.23. The number of methoxy groups -OCH3 is 2. The van der Waals surface area contributed by atoms with Crippen LogP contribution in [-0.4, -0.2) is 33.3 Å². The Labute approximate surface area is 119 Å². The minimum absolute atomic E-state index is 0.0944. The molecule has 0 spiro atoms. The first-order chi connectivity index (χ1) is 9.60. The number of hydrogen-bond donors (Lipinski definition) is 2. The normalized spacial score (nSPS) is 15.7. The molecule has 1 aliphatic carbocycles. The summed E-state index contributed by atoms with van der Waals surface area (Å²) < 4.78 is 10.2. The monoisotopic (exact) mass is 278 g/mol. The van der Waals surface area contributed by atoms with Crippen molar-refractivity contribution in [2.75, 3.05) is 33.1 Å². The molecule has 0 saturated heterocycles. The molecule has 1 aliphatic rings. The number of nitrogen functional groups attached to an aromatic ring is 1. The van der Waals surface area contributed by atoms with Crippen molar-refractivity contribution in [3.8, 4) is 5.75 Å². The van der Waals surface area contributed by atoms with Crippen LogP contribution in [-0.2, 0) is 4.74 Å². The number of ether oxygens (including phenoxy) is 2. The first kappa shape index (κ1) is 14.7. The van der Waals surface area contributed by atoms with Crippen molar-refractivity contribution >= 4 is 11.6 Å². The molecule has 1 fully saturated rings. The molecule has 0 aromatic heterocycles. The van der Waals surface area contributed by atoms with Crippen LogP contribution in [0, 0.1) is 5.41 Å². The molecule has 5 nitrogen and oxygen atoms in total. The minimum atomic E-state index is -0.0944. The van der Waals surface area contributed by atoms with Crippen molar-refractivity contribution in [1.82, 2.24) is 5.32 Å². The Bertz CT molecular complexity index is 484. The van der Waals surface area contributed by atoms with Gasteiger partial charge in [-0.25, -0.2) is 0 Å². The van der Waals surface area contributed by atoms with Gasteiger partial charge in [-0.05, 0) is 42.9 Å². The highest BCUT2D eigenvalue weighted by Crippen LogP contribution is 2.48. The van der Waals surface area contributed by atoms with Gasteiger partial charge in [0.05, 0.1) is 12.8 Å². The molecule has 0 atom stereocenters. The third-order valence-electron chi connectivity index (χ3n) is 3.91. The molecule has 20 heavy (non-hydrogen) atoms. The topological polar surface area (TPSA) is 73.6 Å². The predicted molar refractivity (Wildman–Crippen MR) is 77.9 cm³/mol. The molecule has 0 radical (unpaired) electrons. The molecule has 0 bridgehead atoms. The van der Waals surface area contributed by atoms with Gasteiger partial charge >= 0.3 is 0 Å². The lowest BCUT2D eigenvalue weighted by molar-refractivity contribution is 0.0938. The summed E-state index contributed by atoms with van der Waals surface area (Å²) in [5.41, 5.74) is 7.08. The van der Waals surface area contributed by atoms with E-state index in [1.807, 2.05) is 0 Å². The number of nitrogens with two attached hydrogens (primary N) is 1. The van der Waals surface area contributed by atoms with Crippen LogP contribution in [0.2, 0.25) is 0 Å². The lowest BCUT2D eigenvalue weighted by Gasteiger charge is -2.15. The molecule has 1 saturated carbocycles. The number of hydrogen-bond acceptors (Lipinski definition) is 4. The molecular formula is C15H22N2O3. The van der Waals surface area contributed by atoms with Crippen molar-refractivity contribution in [3.05, 3.63) is 23.8 Å². The first-order valence-corrected chi connectivity index (χ1v) is 6.81. The number of rotatable bonds is 7. The number of carbonyl (C=O) groups is 1. The molecule has 1 aromatic rings. The fraction of sp³-hybridized carbons (Fsp3) is 0.533. The van der Waals surface area contributed by atoms with Crippen LogP contribution in [0.3, 0.4) is 0 Å². The fourth-order valence-corrected chi connectivity index (χ4v) is 2.26. The minimum Gasteiger partial charge on any atom is -0.495 e. The highest BCUT2D eigenvalue weighted by Gasteiger charge is 2.42. The van der Waals surface area contributed by atoms with Gasteiger partial charge in [-0.3, -0.25) is 4.79 Å². The van der Waals surface area contributed by atoms with Gasteiger partial charge in [0.1, 0.15) is 5.75 Å². The molecule has 0 unspecified atom stereocenters. The number of carbonyl (C=O) groups excluding carboxylic acids is 1. The maximum Gasteiger partial charge on any atom is 0.251 e. The molecule has 0 heterocycles. The van der Waals surface area contributed by atoms with E-state index in [9.17, 15) is 4.79 Å². The molecule has 0 aliphatic heterocycles. The van der Waals surface area contributed by atoms with E-state index in [1.165, 1.54) is 0 Å². The number of amides is 1. The van der Waals surface area contributed by atoms with E-state index >= 15 is 0 Å². The summed E-state index contributed by atoms with van der Waals surface area (Å²) in [5, 5.41) is 2.98. The van der Waals surface area contributed by atoms with E-state index in [0.717, 1.165) is 25.9 Å². The molecule has 2 rings (SSSR count). The number of nitrogens with one attached hydrogen (secondary N) is 1. The predicted octanol–water partition coefficient (Wildman–Crippen LogP) is 1.82. The zero-order chi connectivity index (χ0) is 14.6. The molecule has 110 valence electrons. The quantitative estimate of drug-likeness (QED) is 0.746. The largest absolute Gasteiger partial charge is 0.495 e. The van der Waals surface area contributed by atoms with Crippen LogP contribution in [0.5, 0.6) is 5.75 Å². The van der Waals surface area contributed by atoms with Crippen LogP contribution in [0.1, 0.15) is 29.6 Å². The lowest BCUT2D eigenvalue weighted by atomic mass is 10.0. The summed E-state index contributed by atoms with van der Waals surface area (Å²) in [5.74, 6) is 0.489. The Hall–Kier alpha value is -1.75. The van der Waals surface area contributed by atoms with Crippen molar-refractivity contribution in [1.29, 1.82) is 0 Å². The number of benzene rings is 1. The van der Waals surface area contributed by atoms with Crippen LogP contribution < -0.4 is 15.8 Å². The maximum atomic E-state index is 12.1. The summed E-state index contributed by atoms with van der Waals surface area (Å²) in [6.45, 7) is 1.44.